The SMILES string of the molecule is Cc1cccc(F)c1NC(=O)c1cc2c(s1)-c1ccccc1N(C(=O)c1cccc(NC3CS(=O)(=O)c4ccccc43)n1)CC2. The third kappa shape index (κ3) is 5.27. The van der Waals surface area contributed by atoms with Crippen molar-refractivity contribution in [3.63, 3.8) is 0 Å². The summed E-state index contributed by atoms with van der Waals surface area (Å²) in [6, 6.07) is 25.5. The minimum Gasteiger partial charge on any atom is -0.362 e. The number of thiophene rings is 1. The molecule has 0 fully saturated rings. The first kappa shape index (κ1) is 28.9. The van der Waals surface area contributed by atoms with Gasteiger partial charge in [0, 0.05) is 17.0 Å². The highest BCUT2D eigenvalue weighted by molar-refractivity contribution is 7.91. The van der Waals surface area contributed by atoms with Crippen LogP contribution in [-0.2, 0) is 16.3 Å². The van der Waals surface area contributed by atoms with E-state index in [9.17, 15) is 22.4 Å². The molecule has 4 heterocycles. The van der Waals surface area contributed by atoms with E-state index in [0.29, 0.717) is 45.4 Å². The molecular weight excluding hydrogens is 612 g/mol. The summed E-state index contributed by atoms with van der Waals surface area (Å²) < 4.78 is 39.7. The second-order valence-corrected chi connectivity index (χ2v) is 14.1. The molecule has 5 aromatic rings. The van der Waals surface area contributed by atoms with Gasteiger partial charge in [-0.15, -0.1) is 11.3 Å². The number of anilines is 3. The van der Waals surface area contributed by atoms with Crippen LogP contribution in [0.25, 0.3) is 10.4 Å². The van der Waals surface area contributed by atoms with E-state index in [1.54, 1.807) is 66.4 Å². The largest absolute Gasteiger partial charge is 0.362 e. The molecule has 0 radical (unpaired) electrons. The number of hydrogen-bond donors (Lipinski definition) is 2. The van der Waals surface area contributed by atoms with Gasteiger partial charge >= 0.3 is 0 Å². The maximum Gasteiger partial charge on any atom is 0.276 e. The number of nitrogens with zero attached hydrogens (tertiary/aromatic N) is 2. The van der Waals surface area contributed by atoms with Crippen molar-refractivity contribution in [3.05, 3.63) is 124 Å². The lowest BCUT2D eigenvalue weighted by atomic mass is 10.1. The molecule has 0 bridgehead atoms. The number of pyridine rings is 1. The highest BCUT2D eigenvalue weighted by Gasteiger charge is 2.35. The van der Waals surface area contributed by atoms with Crippen LogP contribution in [0.2, 0.25) is 0 Å². The molecule has 1 unspecified atom stereocenters. The molecule has 226 valence electrons. The van der Waals surface area contributed by atoms with Gasteiger partial charge in [0.15, 0.2) is 9.84 Å². The van der Waals surface area contributed by atoms with Crippen LogP contribution in [-0.4, -0.2) is 37.5 Å². The lowest BCUT2D eigenvalue weighted by Gasteiger charge is -2.23. The van der Waals surface area contributed by atoms with Crippen molar-refractivity contribution >= 4 is 50.2 Å². The molecule has 2 aromatic heterocycles. The summed E-state index contributed by atoms with van der Waals surface area (Å²) in [5.41, 5.74) is 4.11. The Morgan fingerprint density at radius 2 is 1.76 bits per heavy atom. The summed E-state index contributed by atoms with van der Waals surface area (Å²) >= 11 is 1.31. The van der Waals surface area contributed by atoms with Gasteiger partial charge in [0.2, 0.25) is 0 Å². The Morgan fingerprint density at radius 3 is 2.60 bits per heavy atom. The van der Waals surface area contributed by atoms with Crippen LogP contribution in [0.5, 0.6) is 0 Å². The first-order valence-electron chi connectivity index (χ1n) is 14.4. The van der Waals surface area contributed by atoms with Crippen molar-refractivity contribution in [2.24, 2.45) is 0 Å². The Labute approximate surface area is 263 Å². The van der Waals surface area contributed by atoms with Crippen molar-refractivity contribution in [1.82, 2.24) is 4.98 Å². The minimum atomic E-state index is -3.41. The lowest BCUT2D eigenvalue weighted by Crippen LogP contribution is -2.33. The van der Waals surface area contributed by atoms with Gasteiger partial charge in [0.05, 0.1) is 32.9 Å². The Hall–Kier alpha value is -4.87. The molecule has 0 saturated carbocycles. The van der Waals surface area contributed by atoms with E-state index in [1.165, 1.54) is 17.4 Å². The van der Waals surface area contributed by atoms with E-state index in [-0.39, 0.29) is 23.0 Å². The van der Waals surface area contributed by atoms with Crippen molar-refractivity contribution < 1.29 is 22.4 Å². The Kier molecular flexibility index (Phi) is 7.22. The molecule has 11 heteroatoms. The molecule has 45 heavy (non-hydrogen) atoms. The van der Waals surface area contributed by atoms with Gasteiger partial charge in [-0.05, 0) is 66.4 Å². The standard InChI is InChI=1S/C34H27FN4O4S2/c1-20-8-6-11-24(35)31(20)38-33(40)28-18-21-16-17-39(27-13-4-2-10-23(27)32(21)44-28)34(41)25-12-7-15-30(36-25)37-26-19-45(42,43)29-14-5-3-9-22(26)29/h2-15,18,26H,16-17,19H2,1H3,(H,36,37)(H,38,40). The molecule has 1 atom stereocenters. The van der Waals surface area contributed by atoms with Crippen LogP contribution in [0, 0.1) is 12.7 Å². The zero-order valence-corrected chi connectivity index (χ0v) is 25.7. The highest BCUT2D eigenvalue weighted by atomic mass is 32.2. The first-order valence-corrected chi connectivity index (χ1v) is 16.8. The second kappa shape index (κ2) is 11.2. The number of halogens is 1. The van der Waals surface area contributed by atoms with Crippen molar-refractivity contribution in [2.75, 3.05) is 27.8 Å². The summed E-state index contributed by atoms with van der Waals surface area (Å²) in [5.74, 6) is -0.868. The molecule has 0 saturated heterocycles. The van der Waals surface area contributed by atoms with Crippen molar-refractivity contribution in [2.45, 2.75) is 24.3 Å². The smallest absolute Gasteiger partial charge is 0.276 e. The number of carbonyl (C=O) groups excluding carboxylic acids is 2. The van der Waals surface area contributed by atoms with Gasteiger partial charge in [-0.3, -0.25) is 9.59 Å². The Morgan fingerprint density at radius 1 is 0.978 bits per heavy atom. The summed E-state index contributed by atoms with van der Waals surface area (Å²) in [6.07, 6.45) is 0.493. The van der Waals surface area contributed by atoms with Gasteiger partial charge in [-0.2, -0.15) is 0 Å². The molecule has 2 aliphatic rings. The van der Waals surface area contributed by atoms with Crippen molar-refractivity contribution in [3.8, 4) is 10.4 Å². The Balaban J connectivity index is 1.15. The van der Waals surface area contributed by atoms with Crippen LogP contribution in [0.3, 0.4) is 0 Å². The minimum absolute atomic E-state index is 0.0893. The molecule has 2 amide bonds. The summed E-state index contributed by atoms with van der Waals surface area (Å²) in [7, 11) is -3.41. The topological polar surface area (TPSA) is 108 Å². The van der Waals surface area contributed by atoms with Gasteiger partial charge in [-0.1, -0.05) is 54.6 Å². The zero-order chi connectivity index (χ0) is 31.3. The summed E-state index contributed by atoms with van der Waals surface area (Å²) in [5, 5.41) is 5.93. The van der Waals surface area contributed by atoms with Gasteiger partial charge in [-0.25, -0.2) is 17.8 Å². The molecule has 3 aromatic carbocycles. The third-order valence-corrected chi connectivity index (χ3v) is 11.1. The first-order chi connectivity index (χ1) is 21.7. The van der Waals surface area contributed by atoms with E-state index in [0.717, 1.165) is 16.0 Å². The maximum atomic E-state index is 14.4. The number of benzene rings is 3. The number of rotatable bonds is 5. The molecule has 7 rings (SSSR count). The molecule has 2 N–H and O–H groups in total. The molecule has 2 aliphatic heterocycles. The normalized spacial score (nSPS) is 16.2. The predicted molar refractivity (Wildman–Crippen MR) is 173 cm³/mol. The number of hydrogen-bond acceptors (Lipinski definition) is 7. The van der Waals surface area contributed by atoms with Crippen LogP contribution in [0.1, 0.15) is 42.9 Å². The number of fused-ring (bicyclic) bond motifs is 4. The molecule has 0 aliphatic carbocycles. The van der Waals surface area contributed by atoms with Gasteiger partial charge in [0.25, 0.3) is 11.8 Å². The van der Waals surface area contributed by atoms with Crippen molar-refractivity contribution in [1.29, 1.82) is 0 Å². The number of aromatic nitrogens is 1. The number of sulfone groups is 1. The predicted octanol–water partition coefficient (Wildman–Crippen LogP) is 6.65. The average Bonchev–Trinajstić information content (AvgIpc) is 3.53. The van der Waals surface area contributed by atoms with Crippen LogP contribution >= 0.6 is 11.3 Å². The number of aryl methyl sites for hydroxylation is 1. The van der Waals surface area contributed by atoms with Crippen LogP contribution in [0.4, 0.5) is 21.6 Å². The number of amides is 2. The Bertz CT molecular complexity index is 2090. The number of nitrogens with one attached hydrogen (secondary N) is 2. The fourth-order valence-corrected chi connectivity index (χ4v) is 8.78. The lowest BCUT2D eigenvalue weighted by molar-refractivity contribution is 0.0981. The van der Waals surface area contributed by atoms with Crippen LogP contribution < -0.4 is 15.5 Å². The van der Waals surface area contributed by atoms with E-state index in [2.05, 4.69) is 15.6 Å². The van der Waals surface area contributed by atoms with E-state index in [1.807, 2.05) is 30.3 Å². The molecule has 0 spiro atoms. The monoisotopic (exact) mass is 638 g/mol. The van der Waals surface area contributed by atoms with Gasteiger partial charge < -0.3 is 15.5 Å². The highest BCUT2D eigenvalue weighted by Crippen LogP contribution is 2.42. The average molecular weight is 639 g/mol. The summed E-state index contributed by atoms with van der Waals surface area (Å²) in [4.78, 5) is 35.0. The summed E-state index contributed by atoms with van der Waals surface area (Å²) in [6.45, 7) is 2.09. The number of carbonyl (C=O) groups is 2. The van der Waals surface area contributed by atoms with Gasteiger partial charge in [0.1, 0.15) is 17.3 Å². The quantitative estimate of drug-likeness (QED) is 0.223. The second-order valence-electron chi connectivity index (χ2n) is 11.0. The maximum absolute atomic E-state index is 14.4. The fraction of sp³-hybridized carbons (Fsp3) is 0.147. The third-order valence-electron chi connectivity index (χ3n) is 8.09. The van der Waals surface area contributed by atoms with E-state index < -0.39 is 27.6 Å². The van der Waals surface area contributed by atoms with Crippen LogP contribution in [0.15, 0.2) is 95.9 Å². The molecular formula is C34H27FN4O4S2. The number of para-hydroxylation sites is 2. The van der Waals surface area contributed by atoms with E-state index in [4.69, 9.17) is 0 Å². The van der Waals surface area contributed by atoms with E-state index >= 15 is 0 Å². The molecule has 8 nitrogen and oxygen atoms in total. The zero-order valence-electron chi connectivity index (χ0n) is 24.1. The fourth-order valence-electron chi connectivity index (χ4n) is 5.91.